The smallest absolute Gasteiger partial charge is 0.300 e. The van der Waals surface area contributed by atoms with E-state index < -0.39 is 17.7 Å². The van der Waals surface area contributed by atoms with Crippen LogP contribution in [0.1, 0.15) is 17.2 Å². The predicted octanol–water partition coefficient (Wildman–Crippen LogP) is 4.67. The van der Waals surface area contributed by atoms with Crippen LogP contribution < -0.4 is 4.90 Å². The lowest BCUT2D eigenvalue weighted by atomic mass is 9.95. The Kier molecular flexibility index (Phi) is 4.82. The molecule has 5 nitrogen and oxygen atoms in total. The number of carbonyl (C=O) groups is 2. The van der Waals surface area contributed by atoms with Gasteiger partial charge in [0, 0.05) is 10.6 Å². The molecule has 29 heavy (non-hydrogen) atoms. The molecule has 3 aromatic rings. The van der Waals surface area contributed by atoms with Crippen LogP contribution >= 0.6 is 11.6 Å². The minimum absolute atomic E-state index is 0.0493. The molecule has 0 spiro atoms. The summed E-state index contributed by atoms with van der Waals surface area (Å²) in [6.45, 7) is 0. The lowest BCUT2D eigenvalue weighted by molar-refractivity contribution is -0.132. The van der Waals surface area contributed by atoms with Gasteiger partial charge in [-0.2, -0.15) is 0 Å². The van der Waals surface area contributed by atoms with Crippen LogP contribution in [0.25, 0.3) is 5.76 Å². The Morgan fingerprint density at radius 1 is 0.862 bits per heavy atom. The molecule has 1 unspecified atom stereocenters. The maximum atomic E-state index is 12.9. The van der Waals surface area contributed by atoms with Gasteiger partial charge < -0.3 is 10.2 Å². The van der Waals surface area contributed by atoms with Crippen LogP contribution in [-0.2, 0) is 9.59 Å². The summed E-state index contributed by atoms with van der Waals surface area (Å²) in [5.41, 5.74) is 1.14. The van der Waals surface area contributed by atoms with Gasteiger partial charge in [-0.25, -0.2) is 0 Å². The Balaban J connectivity index is 1.96. The molecule has 0 aliphatic carbocycles. The molecule has 0 bridgehead atoms. The van der Waals surface area contributed by atoms with E-state index in [0.717, 1.165) is 0 Å². The number of phenols is 1. The minimum atomic E-state index is -0.889. The van der Waals surface area contributed by atoms with Gasteiger partial charge in [-0.1, -0.05) is 54.1 Å². The maximum absolute atomic E-state index is 12.9. The molecule has 1 amide bonds. The number of halogens is 1. The molecule has 0 aromatic heterocycles. The molecule has 1 atom stereocenters. The molecule has 2 N–H and O–H groups in total. The normalized spacial score (nSPS) is 18.2. The second-order valence-corrected chi connectivity index (χ2v) is 7.01. The second-order valence-electron chi connectivity index (χ2n) is 6.58. The van der Waals surface area contributed by atoms with Crippen LogP contribution in [0.2, 0.25) is 5.02 Å². The van der Waals surface area contributed by atoms with Gasteiger partial charge in [0.2, 0.25) is 0 Å². The van der Waals surface area contributed by atoms with Crippen molar-refractivity contribution in [3.05, 3.63) is 101 Å². The number of aliphatic hydroxyl groups is 1. The lowest BCUT2D eigenvalue weighted by Gasteiger charge is -2.26. The molecule has 4 rings (SSSR count). The number of amides is 1. The van der Waals surface area contributed by atoms with Gasteiger partial charge in [-0.15, -0.1) is 0 Å². The highest BCUT2D eigenvalue weighted by Crippen LogP contribution is 2.44. The topological polar surface area (TPSA) is 77.8 Å². The summed E-state index contributed by atoms with van der Waals surface area (Å²) in [5.74, 6) is -2.08. The Morgan fingerprint density at radius 2 is 1.48 bits per heavy atom. The zero-order valence-electron chi connectivity index (χ0n) is 15.1. The first kappa shape index (κ1) is 18.8. The fourth-order valence-corrected chi connectivity index (χ4v) is 3.59. The fourth-order valence-electron chi connectivity index (χ4n) is 3.46. The van der Waals surface area contributed by atoms with E-state index in [1.807, 2.05) is 6.07 Å². The van der Waals surface area contributed by atoms with E-state index in [-0.39, 0.29) is 22.8 Å². The average molecular weight is 406 g/mol. The third kappa shape index (κ3) is 3.26. The molecule has 1 aliphatic heterocycles. The molecule has 1 fully saturated rings. The number of nitrogens with zero attached hydrogens (tertiary/aromatic N) is 1. The van der Waals surface area contributed by atoms with E-state index in [9.17, 15) is 19.8 Å². The highest BCUT2D eigenvalue weighted by Gasteiger charge is 2.47. The number of aromatic hydroxyl groups is 1. The van der Waals surface area contributed by atoms with Gasteiger partial charge in [0.1, 0.15) is 11.5 Å². The first-order valence-corrected chi connectivity index (χ1v) is 9.26. The number of Topliss-reactive ketones (excluding diaryl/α,β-unsaturated/α-hetero) is 1. The molecule has 1 saturated heterocycles. The first-order valence-electron chi connectivity index (χ1n) is 8.89. The third-order valence-electron chi connectivity index (χ3n) is 4.82. The van der Waals surface area contributed by atoms with Crippen LogP contribution in [0.15, 0.2) is 84.4 Å². The number of para-hydroxylation sites is 2. The lowest BCUT2D eigenvalue weighted by Crippen LogP contribution is -2.29. The standard InChI is InChI=1S/C23H16ClNO4/c24-16-12-10-15(11-13-16)21(27)19-20(14-6-2-1-3-7-14)25(23(29)22(19)28)17-8-4-5-9-18(17)26/h1-13,20,26-27H/b21-19+. The molecular formula is C23H16ClNO4. The van der Waals surface area contributed by atoms with Crippen LogP contribution in [0.4, 0.5) is 5.69 Å². The first-order chi connectivity index (χ1) is 14.0. The number of rotatable bonds is 3. The van der Waals surface area contributed by atoms with E-state index in [1.165, 1.54) is 11.0 Å². The van der Waals surface area contributed by atoms with Gasteiger partial charge >= 0.3 is 0 Å². The van der Waals surface area contributed by atoms with Gasteiger partial charge in [-0.3, -0.25) is 14.5 Å². The van der Waals surface area contributed by atoms with Gasteiger partial charge in [0.15, 0.2) is 0 Å². The second kappa shape index (κ2) is 7.45. The third-order valence-corrected chi connectivity index (χ3v) is 5.07. The van der Waals surface area contributed by atoms with E-state index in [0.29, 0.717) is 16.1 Å². The van der Waals surface area contributed by atoms with Crippen LogP contribution in [0, 0.1) is 0 Å². The van der Waals surface area contributed by atoms with Crippen molar-refractivity contribution in [1.82, 2.24) is 0 Å². The minimum Gasteiger partial charge on any atom is -0.507 e. The number of hydrogen-bond acceptors (Lipinski definition) is 4. The number of anilines is 1. The van der Waals surface area contributed by atoms with Crippen molar-refractivity contribution in [2.24, 2.45) is 0 Å². The van der Waals surface area contributed by atoms with E-state index >= 15 is 0 Å². The molecule has 1 heterocycles. The zero-order chi connectivity index (χ0) is 20.5. The molecule has 1 aliphatic rings. The highest BCUT2D eigenvalue weighted by molar-refractivity contribution is 6.52. The van der Waals surface area contributed by atoms with Crippen molar-refractivity contribution in [2.75, 3.05) is 4.90 Å². The molecule has 6 heteroatoms. The average Bonchev–Trinajstić information content (AvgIpc) is 3.00. The molecule has 0 saturated carbocycles. The van der Waals surface area contributed by atoms with Crippen molar-refractivity contribution in [1.29, 1.82) is 0 Å². The summed E-state index contributed by atoms with van der Waals surface area (Å²) in [6.07, 6.45) is 0. The van der Waals surface area contributed by atoms with Crippen molar-refractivity contribution in [3.63, 3.8) is 0 Å². The van der Waals surface area contributed by atoms with Gasteiger partial charge in [0.05, 0.1) is 17.3 Å². The molecule has 144 valence electrons. The summed E-state index contributed by atoms with van der Waals surface area (Å²) < 4.78 is 0. The molecular weight excluding hydrogens is 390 g/mol. The Morgan fingerprint density at radius 3 is 2.14 bits per heavy atom. The number of carbonyl (C=O) groups excluding carboxylic acids is 2. The number of hydrogen-bond donors (Lipinski definition) is 2. The predicted molar refractivity (Wildman–Crippen MR) is 111 cm³/mol. The van der Waals surface area contributed by atoms with E-state index in [4.69, 9.17) is 11.6 Å². The van der Waals surface area contributed by atoms with Gasteiger partial charge in [-0.05, 0) is 42.0 Å². The van der Waals surface area contributed by atoms with Crippen molar-refractivity contribution >= 4 is 34.7 Å². The number of aliphatic hydroxyl groups excluding tert-OH is 1. The zero-order valence-corrected chi connectivity index (χ0v) is 15.9. The SMILES string of the molecule is O=C1C(=O)N(c2ccccc2O)C(c2ccccc2)/C1=C(\O)c1ccc(Cl)cc1. The molecule has 3 aromatic carbocycles. The van der Waals surface area contributed by atoms with Crippen molar-refractivity contribution in [3.8, 4) is 5.75 Å². The number of benzene rings is 3. The quantitative estimate of drug-likeness (QED) is 0.377. The summed E-state index contributed by atoms with van der Waals surface area (Å²) in [4.78, 5) is 27.1. The monoisotopic (exact) mass is 405 g/mol. The summed E-state index contributed by atoms with van der Waals surface area (Å²) in [7, 11) is 0. The summed E-state index contributed by atoms with van der Waals surface area (Å²) >= 11 is 5.92. The Labute approximate surface area is 172 Å². The van der Waals surface area contributed by atoms with E-state index in [1.54, 1.807) is 66.7 Å². The molecule has 0 radical (unpaired) electrons. The number of phenolic OH excluding ortho intramolecular Hbond substituents is 1. The van der Waals surface area contributed by atoms with Crippen LogP contribution in [0.5, 0.6) is 5.75 Å². The number of ketones is 1. The van der Waals surface area contributed by atoms with Crippen LogP contribution in [0.3, 0.4) is 0 Å². The Bertz CT molecular complexity index is 1120. The van der Waals surface area contributed by atoms with Crippen molar-refractivity contribution < 1.29 is 19.8 Å². The Hall–Kier alpha value is -3.57. The van der Waals surface area contributed by atoms with Crippen molar-refractivity contribution in [2.45, 2.75) is 6.04 Å². The van der Waals surface area contributed by atoms with Crippen LogP contribution in [-0.4, -0.2) is 21.9 Å². The van der Waals surface area contributed by atoms with Gasteiger partial charge in [0.25, 0.3) is 11.7 Å². The highest BCUT2D eigenvalue weighted by atomic mass is 35.5. The summed E-state index contributed by atoms with van der Waals surface area (Å²) in [5, 5.41) is 21.7. The summed E-state index contributed by atoms with van der Waals surface area (Å²) in [6, 6.07) is 20.6. The van der Waals surface area contributed by atoms with E-state index in [2.05, 4.69) is 0 Å². The maximum Gasteiger partial charge on any atom is 0.300 e. The largest absolute Gasteiger partial charge is 0.507 e. The fraction of sp³-hybridized carbons (Fsp3) is 0.0435.